The predicted molar refractivity (Wildman–Crippen MR) is 76.7 cm³/mol. The van der Waals surface area contributed by atoms with E-state index in [4.69, 9.17) is 9.68 Å². The number of nitrogens with one attached hydrogen (secondary N) is 1. The number of furan rings is 1. The Hall–Kier alpha value is -1.31. The molecule has 1 N–H and O–H groups in total. The van der Waals surface area contributed by atoms with Gasteiger partial charge < -0.3 is 14.6 Å². The first kappa shape index (κ1) is 15.7. The van der Waals surface area contributed by atoms with Gasteiger partial charge in [-0.3, -0.25) is 0 Å². The van der Waals surface area contributed by atoms with Crippen molar-refractivity contribution in [3.63, 3.8) is 0 Å². The third-order valence-electron chi connectivity index (χ3n) is 3.68. The topological polar surface area (TPSA) is 52.2 Å². The van der Waals surface area contributed by atoms with E-state index in [1.807, 2.05) is 12.1 Å². The summed E-state index contributed by atoms with van der Waals surface area (Å²) in [4.78, 5) is 2.29. The van der Waals surface area contributed by atoms with Crippen LogP contribution in [0.5, 0.6) is 0 Å². The van der Waals surface area contributed by atoms with Crippen LogP contribution in [0.2, 0.25) is 0 Å². The summed E-state index contributed by atoms with van der Waals surface area (Å²) in [6.07, 6.45) is 2.39. The molecule has 0 saturated carbocycles. The summed E-state index contributed by atoms with van der Waals surface area (Å²) in [5.41, 5.74) is 0. The van der Waals surface area contributed by atoms with Crippen LogP contribution in [-0.2, 0) is 6.54 Å². The molecule has 0 aromatic carbocycles. The summed E-state index contributed by atoms with van der Waals surface area (Å²) in [5, 5.41) is 12.1. The second-order valence-corrected chi connectivity index (χ2v) is 5.12. The Morgan fingerprint density at radius 2 is 2.00 bits per heavy atom. The van der Waals surface area contributed by atoms with Crippen LogP contribution in [0, 0.1) is 17.2 Å². The maximum atomic E-state index is 8.70. The van der Waals surface area contributed by atoms with Crippen LogP contribution in [0.4, 0.5) is 0 Å². The van der Waals surface area contributed by atoms with E-state index in [0.717, 1.165) is 12.3 Å². The summed E-state index contributed by atoms with van der Waals surface area (Å²) in [6, 6.07) is 6.09. The molecule has 4 nitrogen and oxygen atoms in total. The minimum atomic E-state index is 0.376. The largest absolute Gasteiger partial charge is 0.449 e. The number of hydrogen-bond acceptors (Lipinski definition) is 4. The second-order valence-electron chi connectivity index (χ2n) is 5.12. The Kier molecular flexibility index (Phi) is 6.61. The highest BCUT2D eigenvalue weighted by molar-refractivity contribution is 5.18. The van der Waals surface area contributed by atoms with Gasteiger partial charge >= 0.3 is 0 Å². The molecule has 4 heteroatoms. The zero-order chi connectivity index (χ0) is 14.3. The van der Waals surface area contributed by atoms with Gasteiger partial charge in [0, 0.05) is 12.6 Å². The van der Waals surface area contributed by atoms with E-state index >= 15 is 0 Å². The van der Waals surface area contributed by atoms with Crippen molar-refractivity contribution in [2.45, 2.75) is 39.3 Å². The van der Waals surface area contributed by atoms with E-state index in [1.165, 1.54) is 12.8 Å². The molecule has 1 atom stereocenters. The van der Waals surface area contributed by atoms with Gasteiger partial charge in [0.2, 0.25) is 5.76 Å². The summed E-state index contributed by atoms with van der Waals surface area (Å²) < 4.78 is 5.35. The third-order valence-corrected chi connectivity index (χ3v) is 3.68. The van der Waals surface area contributed by atoms with Crippen LogP contribution in [-0.4, -0.2) is 31.6 Å². The first-order valence-corrected chi connectivity index (χ1v) is 6.98. The molecular weight excluding hydrogens is 238 g/mol. The number of rotatable bonds is 8. The average Bonchev–Trinajstić information content (AvgIpc) is 2.86. The van der Waals surface area contributed by atoms with Crippen molar-refractivity contribution in [3.8, 4) is 6.07 Å². The maximum absolute atomic E-state index is 8.70. The average molecular weight is 263 g/mol. The van der Waals surface area contributed by atoms with Crippen molar-refractivity contribution < 1.29 is 4.42 Å². The molecule has 1 aromatic heterocycles. The van der Waals surface area contributed by atoms with E-state index in [-0.39, 0.29) is 0 Å². The molecule has 0 aliphatic carbocycles. The van der Waals surface area contributed by atoms with E-state index < -0.39 is 0 Å². The summed E-state index contributed by atoms with van der Waals surface area (Å²) in [5.74, 6) is 1.90. The molecule has 0 saturated heterocycles. The smallest absolute Gasteiger partial charge is 0.203 e. The standard InChI is InChI=1S/C15H25N3O/c1-5-12(6-2)15(18(3)4)11-17-10-14-8-7-13(9-16)19-14/h7-8,12,15,17H,5-6,10-11H2,1-4H3. The lowest BCUT2D eigenvalue weighted by Gasteiger charge is -2.31. The molecule has 106 valence electrons. The van der Waals surface area contributed by atoms with Gasteiger partial charge in [0.1, 0.15) is 11.8 Å². The minimum absolute atomic E-state index is 0.376. The molecule has 0 aliphatic heterocycles. The van der Waals surface area contributed by atoms with Crippen LogP contribution in [0.25, 0.3) is 0 Å². The summed E-state index contributed by atoms with van der Waals surface area (Å²) in [6.45, 7) is 6.10. The van der Waals surface area contributed by atoms with Crippen LogP contribution < -0.4 is 5.32 Å². The lowest BCUT2D eigenvalue weighted by atomic mass is 9.93. The van der Waals surface area contributed by atoms with Crippen molar-refractivity contribution in [3.05, 3.63) is 23.7 Å². The van der Waals surface area contributed by atoms with Gasteiger partial charge in [-0.25, -0.2) is 0 Å². The molecule has 1 heterocycles. The van der Waals surface area contributed by atoms with Crippen molar-refractivity contribution >= 4 is 0 Å². The van der Waals surface area contributed by atoms with Gasteiger partial charge in [-0.1, -0.05) is 26.7 Å². The van der Waals surface area contributed by atoms with Crippen LogP contribution in [0.15, 0.2) is 16.5 Å². The molecule has 19 heavy (non-hydrogen) atoms. The quantitative estimate of drug-likeness (QED) is 0.783. The highest BCUT2D eigenvalue weighted by Gasteiger charge is 2.20. The SMILES string of the molecule is CCC(CC)C(CNCc1ccc(C#N)o1)N(C)C. The number of nitrogens with zero attached hydrogens (tertiary/aromatic N) is 2. The van der Waals surface area contributed by atoms with Crippen LogP contribution >= 0.6 is 0 Å². The Morgan fingerprint density at radius 1 is 1.32 bits per heavy atom. The summed E-state index contributed by atoms with van der Waals surface area (Å²) >= 11 is 0. The molecule has 1 rings (SSSR count). The Labute approximate surface area is 116 Å². The number of likely N-dealkylation sites (N-methyl/N-ethyl adjacent to an activating group) is 1. The molecule has 0 amide bonds. The van der Waals surface area contributed by atoms with Gasteiger partial charge in [0.15, 0.2) is 0 Å². The van der Waals surface area contributed by atoms with Crippen molar-refractivity contribution in [2.75, 3.05) is 20.6 Å². The monoisotopic (exact) mass is 263 g/mol. The molecular formula is C15H25N3O. The molecule has 0 radical (unpaired) electrons. The maximum Gasteiger partial charge on any atom is 0.203 e. The zero-order valence-corrected chi connectivity index (χ0v) is 12.4. The van der Waals surface area contributed by atoms with Gasteiger partial charge in [0.05, 0.1) is 6.54 Å². The van der Waals surface area contributed by atoms with E-state index in [9.17, 15) is 0 Å². The second kappa shape index (κ2) is 7.98. The fraction of sp³-hybridized carbons (Fsp3) is 0.667. The Bertz CT molecular complexity index is 402. The lowest BCUT2D eigenvalue weighted by Crippen LogP contribution is -2.42. The highest BCUT2D eigenvalue weighted by atomic mass is 16.3. The molecule has 0 bridgehead atoms. The fourth-order valence-electron chi connectivity index (χ4n) is 2.48. The van der Waals surface area contributed by atoms with E-state index in [0.29, 0.717) is 24.3 Å². The first-order chi connectivity index (χ1) is 9.12. The van der Waals surface area contributed by atoms with Gasteiger partial charge in [0.25, 0.3) is 0 Å². The first-order valence-electron chi connectivity index (χ1n) is 6.98. The highest BCUT2D eigenvalue weighted by Crippen LogP contribution is 2.16. The molecule has 0 spiro atoms. The molecule has 1 unspecified atom stereocenters. The van der Waals surface area contributed by atoms with Crippen molar-refractivity contribution in [1.82, 2.24) is 10.2 Å². The van der Waals surface area contributed by atoms with E-state index in [1.54, 1.807) is 6.07 Å². The Morgan fingerprint density at radius 3 is 2.47 bits per heavy atom. The van der Waals surface area contributed by atoms with Crippen molar-refractivity contribution in [1.29, 1.82) is 5.26 Å². The Balaban J connectivity index is 2.46. The molecule has 0 aliphatic rings. The van der Waals surface area contributed by atoms with Crippen LogP contribution in [0.3, 0.4) is 0 Å². The van der Waals surface area contributed by atoms with E-state index in [2.05, 4.69) is 38.2 Å². The zero-order valence-electron chi connectivity index (χ0n) is 12.4. The predicted octanol–water partition coefficient (Wildman–Crippen LogP) is 2.61. The molecule has 0 fully saturated rings. The third kappa shape index (κ3) is 4.70. The fourth-order valence-corrected chi connectivity index (χ4v) is 2.48. The summed E-state index contributed by atoms with van der Waals surface area (Å²) in [7, 11) is 4.26. The number of nitriles is 1. The van der Waals surface area contributed by atoms with Gasteiger partial charge in [-0.2, -0.15) is 5.26 Å². The van der Waals surface area contributed by atoms with Crippen molar-refractivity contribution in [2.24, 2.45) is 5.92 Å². The van der Waals surface area contributed by atoms with Crippen LogP contribution in [0.1, 0.15) is 38.2 Å². The normalized spacial score (nSPS) is 12.9. The number of hydrogen-bond donors (Lipinski definition) is 1. The van der Waals surface area contributed by atoms with Gasteiger partial charge in [-0.15, -0.1) is 0 Å². The molecule has 1 aromatic rings. The minimum Gasteiger partial charge on any atom is -0.449 e. The lowest BCUT2D eigenvalue weighted by molar-refractivity contribution is 0.193. The van der Waals surface area contributed by atoms with Gasteiger partial charge in [-0.05, 0) is 32.1 Å².